The smallest absolute Gasteiger partial charge is 0.0588 e. The molecule has 0 amide bonds. The molecule has 0 unspecified atom stereocenters. The second-order valence-electron chi connectivity index (χ2n) is 9.84. The SMILES string of the molecule is C[C@@H]1CC[C@@H](C(C)(C)N2C[C@H]3[C@H](c4ccccc4)CN(C)[C@H]3C2)[C@H](O)C1. The third-order valence-corrected chi connectivity index (χ3v) is 7.93. The van der Waals surface area contributed by atoms with Gasteiger partial charge in [0.2, 0.25) is 0 Å². The molecule has 3 fully saturated rings. The van der Waals surface area contributed by atoms with E-state index in [4.69, 9.17) is 0 Å². The number of hydrogen-bond acceptors (Lipinski definition) is 3. The van der Waals surface area contributed by atoms with Crippen LogP contribution in [0.5, 0.6) is 0 Å². The first-order chi connectivity index (χ1) is 12.4. The molecule has 0 radical (unpaired) electrons. The fourth-order valence-corrected chi connectivity index (χ4v) is 6.19. The third-order valence-electron chi connectivity index (χ3n) is 7.93. The summed E-state index contributed by atoms with van der Waals surface area (Å²) in [5.74, 6) is 2.42. The molecule has 2 heterocycles. The molecule has 1 saturated carbocycles. The van der Waals surface area contributed by atoms with E-state index in [0.717, 1.165) is 13.0 Å². The predicted octanol–water partition coefficient (Wildman–Crippen LogP) is 3.59. The molecule has 1 N–H and O–H groups in total. The monoisotopic (exact) mass is 356 g/mol. The van der Waals surface area contributed by atoms with Gasteiger partial charge in [0.25, 0.3) is 0 Å². The number of likely N-dealkylation sites (N-methyl/N-ethyl adjacent to an activating group) is 1. The minimum absolute atomic E-state index is 0.0754. The summed E-state index contributed by atoms with van der Waals surface area (Å²) in [5, 5.41) is 10.8. The molecule has 3 nitrogen and oxygen atoms in total. The molecule has 1 aromatic rings. The van der Waals surface area contributed by atoms with Crippen LogP contribution in [0.15, 0.2) is 30.3 Å². The van der Waals surface area contributed by atoms with E-state index in [1.807, 2.05) is 0 Å². The van der Waals surface area contributed by atoms with Crippen LogP contribution in [0.25, 0.3) is 0 Å². The van der Waals surface area contributed by atoms with Gasteiger partial charge in [0.15, 0.2) is 0 Å². The van der Waals surface area contributed by atoms with Crippen molar-refractivity contribution >= 4 is 0 Å². The Balaban J connectivity index is 1.52. The third kappa shape index (κ3) is 3.12. The molecule has 4 rings (SSSR count). The zero-order chi connectivity index (χ0) is 18.5. The van der Waals surface area contributed by atoms with Crippen molar-refractivity contribution in [1.29, 1.82) is 0 Å². The molecule has 0 spiro atoms. The molecule has 0 bridgehead atoms. The van der Waals surface area contributed by atoms with Gasteiger partial charge >= 0.3 is 0 Å². The number of hydrogen-bond donors (Lipinski definition) is 1. The average Bonchev–Trinajstić information content (AvgIpc) is 3.17. The fourth-order valence-electron chi connectivity index (χ4n) is 6.19. The van der Waals surface area contributed by atoms with Crippen molar-refractivity contribution in [1.82, 2.24) is 9.80 Å². The van der Waals surface area contributed by atoms with Crippen molar-refractivity contribution in [2.75, 3.05) is 26.7 Å². The molecule has 3 aliphatic rings. The molecule has 26 heavy (non-hydrogen) atoms. The lowest BCUT2D eigenvalue weighted by atomic mass is 9.71. The zero-order valence-corrected chi connectivity index (χ0v) is 16.9. The number of likely N-dealkylation sites (tertiary alicyclic amines) is 2. The Morgan fingerprint density at radius 1 is 1.04 bits per heavy atom. The van der Waals surface area contributed by atoms with Gasteiger partial charge in [-0.15, -0.1) is 0 Å². The molecule has 3 heteroatoms. The average molecular weight is 357 g/mol. The van der Waals surface area contributed by atoms with E-state index in [-0.39, 0.29) is 11.6 Å². The maximum Gasteiger partial charge on any atom is 0.0588 e. The van der Waals surface area contributed by atoms with E-state index in [1.165, 1.54) is 31.5 Å². The van der Waals surface area contributed by atoms with Gasteiger partial charge in [0.05, 0.1) is 6.10 Å². The van der Waals surface area contributed by atoms with Crippen LogP contribution in [0.1, 0.15) is 51.5 Å². The van der Waals surface area contributed by atoms with Gasteiger partial charge in [-0.1, -0.05) is 43.7 Å². The first-order valence-corrected chi connectivity index (χ1v) is 10.6. The van der Waals surface area contributed by atoms with Crippen LogP contribution in [0.4, 0.5) is 0 Å². The summed E-state index contributed by atoms with van der Waals surface area (Å²) in [7, 11) is 2.30. The Kier molecular flexibility index (Phi) is 4.92. The molecule has 1 aromatic carbocycles. The number of fused-ring (bicyclic) bond motifs is 1. The second-order valence-corrected chi connectivity index (χ2v) is 9.84. The number of aliphatic hydroxyl groups is 1. The lowest BCUT2D eigenvalue weighted by molar-refractivity contribution is -0.0400. The van der Waals surface area contributed by atoms with Gasteiger partial charge in [0, 0.05) is 43.1 Å². The van der Waals surface area contributed by atoms with E-state index in [0.29, 0.717) is 29.7 Å². The Hall–Kier alpha value is -0.900. The minimum atomic E-state index is -0.142. The lowest BCUT2D eigenvalue weighted by Gasteiger charge is -2.47. The van der Waals surface area contributed by atoms with Gasteiger partial charge in [0.1, 0.15) is 0 Å². The van der Waals surface area contributed by atoms with E-state index in [1.54, 1.807) is 0 Å². The largest absolute Gasteiger partial charge is 0.393 e. The van der Waals surface area contributed by atoms with Gasteiger partial charge < -0.3 is 10.0 Å². The highest BCUT2D eigenvalue weighted by molar-refractivity contribution is 5.25. The Morgan fingerprint density at radius 2 is 1.77 bits per heavy atom. The molecule has 2 aliphatic heterocycles. The quantitative estimate of drug-likeness (QED) is 0.896. The number of nitrogens with zero attached hydrogens (tertiary/aromatic N) is 2. The molecule has 1 aliphatic carbocycles. The van der Waals surface area contributed by atoms with Gasteiger partial charge in [-0.3, -0.25) is 4.90 Å². The topological polar surface area (TPSA) is 26.7 Å². The van der Waals surface area contributed by atoms with Crippen molar-refractivity contribution in [3.05, 3.63) is 35.9 Å². The summed E-state index contributed by atoms with van der Waals surface area (Å²) >= 11 is 0. The molecule has 2 saturated heterocycles. The van der Waals surface area contributed by atoms with Crippen molar-refractivity contribution < 1.29 is 5.11 Å². The van der Waals surface area contributed by atoms with Crippen LogP contribution in [-0.4, -0.2) is 59.3 Å². The number of benzene rings is 1. The van der Waals surface area contributed by atoms with Crippen molar-refractivity contribution in [3.8, 4) is 0 Å². The van der Waals surface area contributed by atoms with Crippen LogP contribution in [-0.2, 0) is 0 Å². The summed E-state index contributed by atoms with van der Waals surface area (Å²) < 4.78 is 0. The maximum absolute atomic E-state index is 10.8. The molecule has 6 atom stereocenters. The number of rotatable bonds is 3. The standard InChI is InChI=1S/C23H36N2O/c1-16-10-11-20(22(26)12-16)23(2,3)25-14-19-18(13-24(4)21(19)15-25)17-8-6-5-7-9-17/h5-9,16,18-22,26H,10-15H2,1-4H3/t16-,18+,19+,20-,21+,22-/m1/s1. The lowest BCUT2D eigenvalue weighted by Crippen LogP contribution is -2.54. The number of aliphatic hydroxyl groups excluding tert-OH is 1. The van der Waals surface area contributed by atoms with Gasteiger partial charge in [-0.05, 0) is 51.1 Å². The van der Waals surface area contributed by atoms with Crippen LogP contribution in [0.2, 0.25) is 0 Å². The fraction of sp³-hybridized carbons (Fsp3) is 0.739. The van der Waals surface area contributed by atoms with Crippen LogP contribution >= 0.6 is 0 Å². The Morgan fingerprint density at radius 3 is 2.46 bits per heavy atom. The highest BCUT2D eigenvalue weighted by Gasteiger charge is 2.51. The Labute approximate surface area is 159 Å². The van der Waals surface area contributed by atoms with E-state index >= 15 is 0 Å². The Bertz CT molecular complexity index is 616. The minimum Gasteiger partial charge on any atom is -0.393 e. The van der Waals surface area contributed by atoms with E-state index in [9.17, 15) is 5.11 Å². The first kappa shape index (κ1) is 18.5. The summed E-state index contributed by atoms with van der Waals surface area (Å²) in [6.07, 6.45) is 3.26. The summed E-state index contributed by atoms with van der Waals surface area (Å²) in [6.45, 7) is 10.5. The van der Waals surface area contributed by atoms with E-state index < -0.39 is 0 Å². The van der Waals surface area contributed by atoms with Gasteiger partial charge in [-0.25, -0.2) is 0 Å². The van der Waals surface area contributed by atoms with Crippen molar-refractivity contribution in [3.63, 3.8) is 0 Å². The summed E-state index contributed by atoms with van der Waals surface area (Å²) in [4.78, 5) is 5.29. The highest BCUT2D eigenvalue weighted by Crippen LogP contribution is 2.46. The summed E-state index contributed by atoms with van der Waals surface area (Å²) in [6, 6.07) is 11.7. The van der Waals surface area contributed by atoms with Crippen LogP contribution in [0.3, 0.4) is 0 Å². The van der Waals surface area contributed by atoms with Crippen molar-refractivity contribution in [2.24, 2.45) is 17.8 Å². The molecule has 0 aromatic heterocycles. The molecular weight excluding hydrogens is 320 g/mol. The predicted molar refractivity (Wildman–Crippen MR) is 107 cm³/mol. The zero-order valence-electron chi connectivity index (χ0n) is 16.9. The molecule has 144 valence electrons. The van der Waals surface area contributed by atoms with E-state index in [2.05, 4.69) is 68.0 Å². The van der Waals surface area contributed by atoms with Crippen molar-refractivity contribution in [2.45, 2.75) is 63.6 Å². The second kappa shape index (κ2) is 6.92. The molecular formula is C23H36N2O. The summed E-state index contributed by atoms with van der Waals surface area (Å²) in [5.41, 5.74) is 1.57. The van der Waals surface area contributed by atoms with Gasteiger partial charge in [-0.2, -0.15) is 0 Å². The highest BCUT2D eigenvalue weighted by atomic mass is 16.3. The normalized spacial score (nSPS) is 39.3. The maximum atomic E-state index is 10.8. The first-order valence-electron chi connectivity index (χ1n) is 10.6. The van der Waals surface area contributed by atoms with Crippen LogP contribution < -0.4 is 0 Å². The van der Waals surface area contributed by atoms with Crippen LogP contribution in [0, 0.1) is 17.8 Å².